The average molecular weight is 491 g/mol. The van der Waals surface area contributed by atoms with Crippen LogP contribution in [0.4, 0.5) is 0 Å². The summed E-state index contributed by atoms with van der Waals surface area (Å²) >= 11 is 0.958. The fraction of sp³-hybridized carbons (Fsp3) is 0.412. The number of nitrogens with zero attached hydrogens (tertiary/aromatic N) is 5. The quantitative estimate of drug-likeness (QED) is 0.129. The number of hydrogen-bond acceptors (Lipinski definition) is 11. The van der Waals surface area contributed by atoms with Gasteiger partial charge >= 0.3 is 35.5 Å². The van der Waals surface area contributed by atoms with Crippen molar-refractivity contribution in [3.63, 3.8) is 0 Å². The average Bonchev–Trinajstić information content (AvgIpc) is 3.03. The predicted molar refractivity (Wildman–Crippen MR) is 104 cm³/mol. The standard InChI is InChI=1S/C17H19N5O7S2.Na/c1-8-10(7-30-16-18-19-20-21(16)5)12(15(25)26)22-13(24)9(14(22)31(8,27)28)6-11(23)29-17(2,3)4;/h6,14H,1,7H2,2-5H3,(H,25,26);/q;+1/p-1/b9-6-;. The topological polar surface area (TPSA) is 164 Å². The number of allylic oxidation sites excluding steroid dienone is 1. The summed E-state index contributed by atoms with van der Waals surface area (Å²) in [6, 6.07) is 0. The maximum absolute atomic E-state index is 13.0. The zero-order valence-corrected chi connectivity index (χ0v) is 21.6. The van der Waals surface area contributed by atoms with Gasteiger partial charge in [-0.2, -0.15) is 0 Å². The van der Waals surface area contributed by atoms with E-state index in [9.17, 15) is 27.9 Å². The van der Waals surface area contributed by atoms with Crippen LogP contribution >= 0.6 is 11.8 Å². The molecule has 0 bridgehead atoms. The first-order chi connectivity index (χ1) is 14.3. The van der Waals surface area contributed by atoms with Gasteiger partial charge in [-0.05, 0) is 31.2 Å². The molecule has 0 saturated carbocycles. The summed E-state index contributed by atoms with van der Waals surface area (Å²) in [6.45, 7) is 8.34. The Morgan fingerprint density at radius 2 is 1.97 bits per heavy atom. The van der Waals surface area contributed by atoms with E-state index in [-0.39, 0.29) is 46.0 Å². The monoisotopic (exact) mass is 491 g/mol. The third-order valence-corrected chi connectivity index (χ3v) is 7.29. The Labute approximate surface area is 209 Å². The minimum absolute atomic E-state index is 0. The van der Waals surface area contributed by atoms with Crippen LogP contribution in [0.3, 0.4) is 0 Å². The van der Waals surface area contributed by atoms with Crippen LogP contribution < -0.4 is 34.7 Å². The van der Waals surface area contributed by atoms with Crippen LogP contribution in [0.5, 0.6) is 0 Å². The molecule has 3 rings (SSSR count). The zero-order chi connectivity index (χ0) is 23.3. The van der Waals surface area contributed by atoms with Gasteiger partial charge in [-0.25, -0.2) is 17.9 Å². The molecule has 12 nitrogen and oxygen atoms in total. The van der Waals surface area contributed by atoms with E-state index in [0.717, 1.165) is 17.8 Å². The largest absolute Gasteiger partial charge is 1.00 e. The number of sulfone groups is 1. The number of tetrazole rings is 1. The molecule has 0 aliphatic carbocycles. The SMILES string of the molecule is C=C1C(CSc2nnnn2C)=C(C(=O)[O-])N2C(=O)/C(=C/C(=O)OC(C)(C)C)C2S1(=O)=O.[Na+]. The molecule has 3 heterocycles. The van der Waals surface area contributed by atoms with Gasteiger partial charge in [0.2, 0.25) is 15.0 Å². The van der Waals surface area contributed by atoms with E-state index in [2.05, 4.69) is 22.1 Å². The number of aryl methyl sites for hydroxylation is 1. The third-order valence-electron chi connectivity index (χ3n) is 4.27. The molecular formula is C17H18N5NaO7S2. The van der Waals surface area contributed by atoms with E-state index in [1.165, 1.54) is 4.68 Å². The summed E-state index contributed by atoms with van der Waals surface area (Å²) in [7, 11) is -2.73. The second kappa shape index (κ2) is 9.09. The third kappa shape index (κ3) is 4.69. The van der Waals surface area contributed by atoms with Crippen molar-refractivity contribution in [2.75, 3.05) is 5.75 Å². The van der Waals surface area contributed by atoms with Crippen molar-refractivity contribution in [2.24, 2.45) is 7.05 Å². The minimum atomic E-state index is -4.28. The van der Waals surface area contributed by atoms with Crippen molar-refractivity contribution in [3.8, 4) is 0 Å². The first-order valence-corrected chi connectivity index (χ1v) is 11.3. The van der Waals surface area contributed by atoms with E-state index in [1.54, 1.807) is 27.8 Å². The van der Waals surface area contributed by atoms with Gasteiger partial charge in [0, 0.05) is 24.4 Å². The van der Waals surface area contributed by atoms with Crippen LogP contribution in [-0.4, -0.2) is 68.1 Å². The molecule has 0 aromatic carbocycles. The molecule has 0 N–H and O–H groups in total. The summed E-state index contributed by atoms with van der Waals surface area (Å²) in [5, 5.41) is 21.2. The number of esters is 1. The molecule has 0 spiro atoms. The molecule has 1 atom stereocenters. The second-order valence-electron chi connectivity index (χ2n) is 7.62. The van der Waals surface area contributed by atoms with Crippen molar-refractivity contribution in [1.82, 2.24) is 25.1 Å². The summed E-state index contributed by atoms with van der Waals surface area (Å²) < 4.78 is 32.4. The maximum Gasteiger partial charge on any atom is 1.00 e. The number of carboxylic acid groups (broad SMARTS) is 1. The predicted octanol–water partition coefficient (Wildman–Crippen LogP) is -4.31. The molecule has 1 unspecified atom stereocenters. The first-order valence-electron chi connectivity index (χ1n) is 8.76. The van der Waals surface area contributed by atoms with Crippen LogP contribution in [0.2, 0.25) is 0 Å². The molecule has 1 aromatic rings. The molecular weight excluding hydrogens is 473 g/mol. The summed E-state index contributed by atoms with van der Waals surface area (Å²) in [6.07, 6.45) is 0.761. The molecule has 2 aliphatic heterocycles. The van der Waals surface area contributed by atoms with Gasteiger partial charge in [0.1, 0.15) is 5.60 Å². The fourth-order valence-electron chi connectivity index (χ4n) is 2.97. The molecule has 2 aliphatic rings. The zero-order valence-electron chi connectivity index (χ0n) is 18.0. The Bertz CT molecular complexity index is 1180. The normalized spacial score (nSPS) is 21.1. The van der Waals surface area contributed by atoms with Crippen LogP contribution in [0, 0.1) is 0 Å². The van der Waals surface area contributed by atoms with Crippen LogP contribution in [0.1, 0.15) is 20.8 Å². The molecule has 0 radical (unpaired) electrons. The van der Waals surface area contributed by atoms with Crippen molar-refractivity contribution in [1.29, 1.82) is 0 Å². The Morgan fingerprint density at radius 3 is 2.47 bits per heavy atom. The van der Waals surface area contributed by atoms with E-state index in [4.69, 9.17) is 4.74 Å². The van der Waals surface area contributed by atoms with E-state index in [1.807, 2.05) is 0 Å². The number of ether oxygens (including phenoxy) is 1. The number of carboxylic acids is 1. The Hall–Kier alpha value is -2.00. The molecule has 32 heavy (non-hydrogen) atoms. The van der Waals surface area contributed by atoms with Gasteiger partial charge in [0.05, 0.1) is 22.1 Å². The van der Waals surface area contributed by atoms with Crippen LogP contribution in [-0.2, 0) is 36.0 Å². The van der Waals surface area contributed by atoms with E-state index in [0.29, 0.717) is 4.90 Å². The van der Waals surface area contributed by atoms with Gasteiger partial charge in [-0.15, -0.1) is 5.10 Å². The maximum atomic E-state index is 13.0. The molecule has 1 amide bonds. The van der Waals surface area contributed by atoms with Crippen LogP contribution in [0.25, 0.3) is 0 Å². The van der Waals surface area contributed by atoms with Crippen LogP contribution in [0.15, 0.2) is 39.6 Å². The second-order valence-corrected chi connectivity index (χ2v) is 10.6. The molecule has 166 valence electrons. The minimum Gasteiger partial charge on any atom is -0.543 e. The number of aromatic nitrogens is 4. The number of carbonyl (C=O) groups is 3. The van der Waals surface area contributed by atoms with Gasteiger partial charge in [-0.1, -0.05) is 18.3 Å². The number of fused-ring (bicyclic) bond motifs is 1. The van der Waals surface area contributed by atoms with Gasteiger partial charge in [0.15, 0.2) is 5.37 Å². The summed E-state index contributed by atoms with van der Waals surface area (Å²) in [5.41, 5.74) is -2.11. The smallest absolute Gasteiger partial charge is 0.543 e. The van der Waals surface area contributed by atoms with Gasteiger partial charge in [-0.3, -0.25) is 9.69 Å². The molecule has 1 aromatic heterocycles. The van der Waals surface area contributed by atoms with Crippen molar-refractivity contribution >= 4 is 39.4 Å². The number of rotatable bonds is 5. The van der Waals surface area contributed by atoms with Crippen molar-refractivity contribution in [2.45, 2.75) is 36.9 Å². The number of β-lactam (4-membered cyclic amide) rings is 1. The van der Waals surface area contributed by atoms with Gasteiger partial charge < -0.3 is 14.6 Å². The first kappa shape index (κ1) is 26.3. The molecule has 15 heteroatoms. The number of carbonyl (C=O) groups excluding carboxylic acids is 3. The Morgan fingerprint density at radius 1 is 1.34 bits per heavy atom. The number of thioether (sulfide) groups is 1. The molecule has 1 fully saturated rings. The van der Waals surface area contributed by atoms with Crippen molar-refractivity contribution < 1.29 is 62.2 Å². The Balaban J connectivity index is 0.00000363. The summed E-state index contributed by atoms with van der Waals surface area (Å²) in [4.78, 5) is 36.6. The fourth-order valence-corrected chi connectivity index (χ4v) is 5.73. The molecule has 1 saturated heterocycles. The van der Waals surface area contributed by atoms with E-state index < -0.39 is 54.8 Å². The summed E-state index contributed by atoms with van der Waals surface area (Å²) in [5.74, 6) is -3.82. The number of hydrogen-bond donors (Lipinski definition) is 0. The Kier molecular flexibility index (Phi) is 7.46. The van der Waals surface area contributed by atoms with Gasteiger partial charge in [0.25, 0.3) is 5.91 Å². The number of amides is 1. The van der Waals surface area contributed by atoms with E-state index >= 15 is 0 Å². The number of aliphatic carboxylic acids is 1. The van der Waals surface area contributed by atoms with Crippen molar-refractivity contribution in [3.05, 3.63) is 34.4 Å².